The number of hydrogen-bond donors (Lipinski definition) is 0. The Hall–Kier alpha value is -3.52. The zero-order valence-electron chi connectivity index (χ0n) is 18.7. The Morgan fingerprint density at radius 3 is 1.76 bits per heavy atom. The highest BCUT2D eigenvalue weighted by molar-refractivity contribution is 5.16. The first-order valence-electron chi connectivity index (χ1n) is 11.1. The molecule has 3 aromatic rings. The summed E-state index contributed by atoms with van der Waals surface area (Å²) in [6.45, 7) is 1.06. The zero-order valence-corrected chi connectivity index (χ0v) is 18.7. The average molecular weight is 462 g/mol. The second-order valence-electron chi connectivity index (χ2n) is 7.95. The summed E-state index contributed by atoms with van der Waals surface area (Å²) in [5, 5.41) is 11.8. The van der Waals surface area contributed by atoms with Gasteiger partial charge in [0.05, 0.1) is 31.4 Å². The van der Waals surface area contributed by atoms with Gasteiger partial charge in [-0.25, -0.2) is 0 Å². The van der Waals surface area contributed by atoms with E-state index in [0.29, 0.717) is 6.61 Å². The summed E-state index contributed by atoms with van der Waals surface area (Å²) < 4.78 is 23.9. The van der Waals surface area contributed by atoms with Gasteiger partial charge in [0.1, 0.15) is 6.10 Å². The maximum atomic E-state index is 11.8. The van der Waals surface area contributed by atoms with Crippen molar-refractivity contribution in [2.75, 3.05) is 6.61 Å². The maximum absolute atomic E-state index is 11.8. The Kier molecular flexibility index (Phi) is 8.40. The molecule has 0 aromatic heterocycles. The van der Waals surface area contributed by atoms with Crippen LogP contribution in [0.1, 0.15) is 16.7 Å². The van der Waals surface area contributed by atoms with Gasteiger partial charge in [-0.3, -0.25) is 10.1 Å². The summed E-state index contributed by atoms with van der Waals surface area (Å²) in [7, 11) is 0. The highest BCUT2D eigenvalue weighted by Gasteiger charge is 2.44. The van der Waals surface area contributed by atoms with E-state index >= 15 is 0 Å². The number of ether oxygens (including phenoxy) is 4. The van der Waals surface area contributed by atoms with Gasteiger partial charge >= 0.3 is 5.70 Å². The Morgan fingerprint density at radius 1 is 0.735 bits per heavy atom. The molecule has 3 aromatic carbocycles. The van der Waals surface area contributed by atoms with E-state index in [2.05, 4.69) is 0 Å². The molecule has 0 unspecified atom stereocenters. The lowest BCUT2D eigenvalue weighted by Gasteiger charge is -2.34. The highest BCUT2D eigenvalue weighted by Crippen LogP contribution is 2.27. The van der Waals surface area contributed by atoms with Crippen LogP contribution >= 0.6 is 0 Å². The molecule has 0 saturated carbocycles. The van der Waals surface area contributed by atoms with Crippen LogP contribution in [0.15, 0.2) is 103 Å². The highest BCUT2D eigenvalue weighted by atomic mass is 16.6. The van der Waals surface area contributed by atoms with Gasteiger partial charge in [0, 0.05) is 0 Å². The number of nitro groups is 1. The van der Waals surface area contributed by atoms with Crippen LogP contribution in [0.3, 0.4) is 0 Å². The van der Waals surface area contributed by atoms with Gasteiger partial charge in [0.2, 0.25) is 0 Å². The third-order valence-electron chi connectivity index (χ3n) is 5.48. The molecular formula is C27H27NO6. The minimum Gasteiger partial charge on any atom is -0.486 e. The van der Waals surface area contributed by atoms with Gasteiger partial charge < -0.3 is 18.9 Å². The minimum atomic E-state index is -0.919. The summed E-state index contributed by atoms with van der Waals surface area (Å²) in [4.78, 5) is 11.3. The van der Waals surface area contributed by atoms with E-state index < -0.39 is 23.2 Å². The molecule has 1 aliphatic heterocycles. The number of hydrogen-bond acceptors (Lipinski definition) is 6. The minimum absolute atomic E-state index is 0.173. The first kappa shape index (κ1) is 23.6. The Bertz CT molecular complexity index is 1060. The van der Waals surface area contributed by atoms with Crippen LogP contribution in [0.2, 0.25) is 0 Å². The van der Waals surface area contributed by atoms with Crippen molar-refractivity contribution >= 4 is 0 Å². The van der Waals surface area contributed by atoms with E-state index in [-0.39, 0.29) is 25.5 Å². The smallest absolute Gasteiger partial charge is 0.311 e. The Labute approximate surface area is 198 Å². The fraction of sp³-hybridized carbons (Fsp3) is 0.259. The molecule has 4 rings (SSSR count). The van der Waals surface area contributed by atoms with Gasteiger partial charge in [0.25, 0.3) is 0 Å². The van der Waals surface area contributed by atoms with Crippen molar-refractivity contribution in [1.29, 1.82) is 0 Å². The molecule has 0 amide bonds. The fourth-order valence-corrected chi connectivity index (χ4v) is 3.71. The summed E-state index contributed by atoms with van der Waals surface area (Å²) in [5.41, 5.74) is 2.72. The first-order valence-corrected chi connectivity index (χ1v) is 11.1. The summed E-state index contributed by atoms with van der Waals surface area (Å²) in [6.07, 6.45) is -1.06. The van der Waals surface area contributed by atoms with Crippen molar-refractivity contribution in [2.45, 2.75) is 38.1 Å². The largest absolute Gasteiger partial charge is 0.486 e. The molecule has 1 heterocycles. The molecule has 176 valence electrons. The third kappa shape index (κ3) is 6.51. The Balaban J connectivity index is 1.50. The predicted molar refractivity (Wildman–Crippen MR) is 126 cm³/mol. The summed E-state index contributed by atoms with van der Waals surface area (Å²) >= 11 is 0. The maximum Gasteiger partial charge on any atom is 0.311 e. The molecule has 1 aliphatic rings. The number of benzene rings is 3. The van der Waals surface area contributed by atoms with Gasteiger partial charge in [-0.15, -0.1) is 0 Å². The molecule has 0 saturated heterocycles. The monoisotopic (exact) mass is 461 g/mol. The van der Waals surface area contributed by atoms with E-state index in [1.165, 1.54) is 0 Å². The lowest BCUT2D eigenvalue weighted by atomic mass is 10.0. The van der Waals surface area contributed by atoms with Crippen molar-refractivity contribution in [1.82, 2.24) is 0 Å². The van der Waals surface area contributed by atoms with Crippen molar-refractivity contribution in [3.63, 3.8) is 0 Å². The van der Waals surface area contributed by atoms with Gasteiger partial charge in [0.15, 0.2) is 18.5 Å². The molecule has 34 heavy (non-hydrogen) atoms. The lowest BCUT2D eigenvalue weighted by molar-refractivity contribution is -0.447. The van der Waals surface area contributed by atoms with E-state index in [0.717, 1.165) is 23.0 Å². The van der Waals surface area contributed by atoms with Crippen LogP contribution in [0.25, 0.3) is 0 Å². The van der Waals surface area contributed by atoms with Gasteiger partial charge in [-0.2, -0.15) is 0 Å². The first-order chi connectivity index (χ1) is 16.7. The van der Waals surface area contributed by atoms with Crippen LogP contribution in [-0.2, 0) is 38.8 Å². The number of rotatable bonds is 11. The molecule has 7 heteroatoms. The van der Waals surface area contributed by atoms with Crippen molar-refractivity contribution < 1.29 is 23.9 Å². The predicted octanol–water partition coefficient (Wildman–Crippen LogP) is 4.89. The van der Waals surface area contributed by atoms with Crippen LogP contribution in [0.4, 0.5) is 0 Å². The van der Waals surface area contributed by atoms with Crippen molar-refractivity contribution in [2.24, 2.45) is 0 Å². The third-order valence-corrected chi connectivity index (χ3v) is 5.48. The molecule has 3 atom stereocenters. The van der Waals surface area contributed by atoms with Gasteiger partial charge in [-0.05, 0) is 16.7 Å². The second-order valence-corrected chi connectivity index (χ2v) is 7.95. The summed E-state index contributed by atoms with van der Waals surface area (Å²) in [6, 6.07) is 29.0. The molecule has 7 nitrogen and oxygen atoms in total. The second kappa shape index (κ2) is 12.1. The SMILES string of the molecule is O=[N+]([O-])C1=CO[C@H](COCc2ccccc2)[C@H](OCc2ccccc2)[C@@H]1OCc1ccccc1. The molecule has 0 N–H and O–H groups in total. The van der Waals surface area contributed by atoms with Gasteiger partial charge in [-0.1, -0.05) is 91.0 Å². The fourth-order valence-electron chi connectivity index (χ4n) is 3.71. The standard InChI is InChI=1S/C27H27NO6/c29-28(30)24-19-32-25(20-31-16-21-10-4-1-5-11-21)27(34-18-23-14-8-3-9-15-23)26(24)33-17-22-12-6-2-7-13-22/h1-15,19,25-27H,16-18,20H2/t25-,26-,27+/m1/s1. The summed E-state index contributed by atoms with van der Waals surface area (Å²) in [5.74, 6) is 0. The molecule has 0 fully saturated rings. The molecule has 0 radical (unpaired) electrons. The van der Waals surface area contributed by atoms with Crippen LogP contribution < -0.4 is 0 Å². The average Bonchev–Trinajstić information content (AvgIpc) is 2.88. The number of nitrogens with zero attached hydrogens (tertiary/aromatic N) is 1. The molecule has 0 aliphatic carbocycles. The van der Waals surface area contributed by atoms with E-state index in [9.17, 15) is 10.1 Å². The molecular weight excluding hydrogens is 434 g/mol. The van der Waals surface area contributed by atoms with Crippen molar-refractivity contribution in [3.05, 3.63) is 130 Å². The lowest BCUT2D eigenvalue weighted by Crippen LogP contribution is -2.49. The van der Waals surface area contributed by atoms with E-state index in [4.69, 9.17) is 18.9 Å². The Morgan fingerprint density at radius 2 is 1.24 bits per heavy atom. The molecule has 0 spiro atoms. The molecule has 0 bridgehead atoms. The van der Waals surface area contributed by atoms with Crippen LogP contribution in [0, 0.1) is 10.1 Å². The van der Waals surface area contributed by atoms with Crippen LogP contribution in [0.5, 0.6) is 0 Å². The normalized spacial score (nSPS) is 19.8. The van der Waals surface area contributed by atoms with Crippen molar-refractivity contribution in [3.8, 4) is 0 Å². The zero-order chi connectivity index (χ0) is 23.6. The van der Waals surface area contributed by atoms with Crippen LogP contribution in [-0.4, -0.2) is 29.8 Å². The van der Waals surface area contributed by atoms with E-state index in [1.54, 1.807) is 0 Å². The topological polar surface area (TPSA) is 80.1 Å². The van der Waals surface area contributed by atoms with E-state index in [1.807, 2.05) is 91.0 Å². The quantitative estimate of drug-likeness (QED) is 0.299.